The van der Waals surface area contributed by atoms with Crippen molar-refractivity contribution in [1.29, 1.82) is 0 Å². The normalized spacial score (nSPS) is 12.1. The van der Waals surface area contributed by atoms with Gasteiger partial charge in [-0.25, -0.2) is 9.37 Å². The molecule has 2 N–H and O–H groups in total. The fraction of sp³-hybridized carbons (Fsp3) is 0.100. The monoisotopic (exact) mass is 398 g/mol. The summed E-state index contributed by atoms with van der Waals surface area (Å²) in [5.74, 6) is 0.684. The molecule has 4 rings (SSSR count). The van der Waals surface area contributed by atoms with Gasteiger partial charge in [0.2, 0.25) is 5.95 Å². The Morgan fingerprint density at radius 1 is 1.07 bits per heavy atom. The maximum Gasteiger partial charge on any atom is 0.229 e. The van der Waals surface area contributed by atoms with E-state index in [9.17, 15) is 4.39 Å². The highest BCUT2D eigenvalue weighted by atomic mass is 35.5. The Kier molecular flexibility index (Phi) is 4.92. The van der Waals surface area contributed by atoms with Crippen molar-refractivity contribution in [2.24, 2.45) is 0 Å². The quantitative estimate of drug-likeness (QED) is 0.408. The van der Waals surface area contributed by atoms with E-state index >= 15 is 0 Å². The van der Waals surface area contributed by atoms with E-state index in [-0.39, 0.29) is 11.1 Å². The number of thiophene rings is 1. The first-order valence-corrected chi connectivity index (χ1v) is 9.65. The van der Waals surface area contributed by atoms with Crippen molar-refractivity contribution >= 4 is 51.3 Å². The Labute approximate surface area is 165 Å². The molecule has 0 saturated carbocycles. The van der Waals surface area contributed by atoms with E-state index in [1.165, 1.54) is 17.0 Å². The standard InChI is InChI=1S/C20H16ClFN4S/c1-12(18-7-4-10-27-18)23-19-14-5-2-3-6-17(14)25-20(26-19)24-13-8-9-16(22)15(21)11-13/h2-12H,1H3,(H2,23,24,25,26)/t12-/m1/s1. The Bertz CT molecular complexity index is 1080. The zero-order chi connectivity index (χ0) is 18.8. The highest BCUT2D eigenvalue weighted by molar-refractivity contribution is 7.10. The summed E-state index contributed by atoms with van der Waals surface area (Å²) in [7, 11) is 0. The first-order chi connectivity index (χ1) is 13.1. The second-order valence-electron chi connectivity index (χ2n) is 6.05. The van der Waals surface area contributed by atoms with Crippen LogP contribution in [0.1, 0.15) is 17.8 Å². The zero-order valence-electron chi connectivity index (χ0n) is 14.4. The molecular formula is C20H16ClFN4S. The predicted molar refractivity (Wildman–Crippen MR) is 111 cm³/mol. The molecule has 0 aliphatic rings. The predicted octanol–water partition coefficient (Wildman–Crippen LogP) is 6.40. The molecule has 7 heteroatoms. The third-order valence-corrected chi connectivity index (χ3v) is 5.45. The van der Waals surface area contributed by atoms with Crippen molar-refractivity contribution in [3.8, 4) is 0 Å². The summed E-state index contributed by atoms with van der Waals surface area (Å²) in [6.07, 6.45) is 0. The van der Waals surface area contributed by atoms with Gasteiger partial charge in [0.1, 0.15) is 11.6 Å². The number of benzene rings is 2. The van der Waals surface area contributed by atoms with Gasteiger partial charge in [0.15, 0.2) is 0 Å². The second-order valence-corrected chi connectivity index (χ2v) is 7.43. The van der Waals surface area contributed by atoms with Crippen molar-refractivity contribution in [3.63, 3.8) is 0 Å². The summed E-state index contributed by atoms with van der Waals surface area (Å²) in [6.45, 7) is 2.09. The van der Waals surface area contributed by atoms with Gasteiger partial charge < -0.3 is 10.6 Å². The average Bonchev–Trinajstić information content (AvgIpc) is 3.20. The van der Waals surface area contributed by atoms with E-state index in [4.69, 9.17) is 11.6 Å². The molecule has 0 saturated heterocycles. The van der Waals surface area contributed by atoms with Crippen LogP contribution in [0.25, 0.3) is 10.9 Å². The third-order valence-electron chi connectivity index (χ3n) is 4.10. The van der Waals surface area contributed by atoms with E-state index < -0.39 is 5.82 Å². The van der Waals surface area contributed by atoms with Crippen LogP contribution in [0.2, 0.25) is 5.02 Å². The number of halogens is 2. The zero-order valence-corrected chi connectivity index (χ0v) is 16.0. The van der Waals surface area contributed by atoms with E-state index in [0.717, 1.165) is 16.7 Å². The summed E-state index contributed by atoms with van der Waals surface area (Å²) in [5, 5.41) is 9.60. The number of rotatable bonds is 5. The summed E-state index contributed by atoms with van der Waals surface area (Å²) < 4.78 is 13.4. The van der Waals surface area contributed by atoms with E-state index in [1.54, 1.807) is 17.4 Å². The number of hydrogen-bond acceptors (Lipinski definition) is 5. The van der Waals surface area contributed by atoms with Gasteiger partial charge in [0.25, 0.3) is 0 Å². The molecule has 0 aliphatic carbocycles. The number of nitrogens with one attached hydrogen (secondary N) is 2. The average molecular weight is 399 g/mol. The smallest absolute Gasteiger partial charge is 0.229 e. The first kappa shape index (κ1) is 17.7. The summed E-state index contributed by atoms with van der Waals surface area (Å²) >= 11 is 7.56. The van der Waals surface area contributed by atoms with Crippen molar-refractivity contribution in [2.75, 3.05) is 10.6 Å². The van der Waals surface area contributed by atoms with Crippen molar-refractivity contribution < 1.29 is 4.39 Å². The summed E-state index contributed by atoms with van der Waals surface area (Å²) in [6, 6.07) is 16.4. The van der Waals surface area contributed by atoms with Crippen LogP contribution in [-0.2, 0) is 0 Å². The number of anilines is 3. The number of para-hydroxylation sites is 1. The lowest BCUT2D eigenvalue weighted by atomic mass is 10.2. The highest BCUT2D eigenvalue weighted by Gasteiger charge is 2.13. The number of fused-ring (bicyclic) bond motifs is 1. The molecule has 0 fully saturated rings. The van der Waals surface area contributed by atoms with Gasteiger partial charge in [0, 0.05) is 16.0 Å². The lowest BCUT2D eigenvalue weighted by Gasteiger charge is -2.16. The number of hydrogen-bond donors (Lipinski definition) is 2. The number of nitrogens with zero attached hydrogens (tertiary/aromatic N) is 2. The van der Waals surface area contributed by atoms with Gasteiger partial charge in [-0.05, 0) is 48.7 Å². The molecule has 27 heavy (non-hydrogen) atoms. The molecule has 2 heterocycles. The summed E-state index contributed by atoms with van der Waals surface area (Å²) in [5.41, 5.74) is 1.43. The minimum atomic E-state index is -0.464. The lowest BCUT2D eigenvalue weighted by Crippen LogP contribution is -2.09. The molecule has 1 atom stereocenters. The topological polar surface area (TPSA) is 49.8 Å². The van der Waals surface area contributed by atoms with Crippen molar-refractivity contribution in [1.82, 2.24) is 9.97 Å². The van der Waals surface area contributed by atoms with E-state index in [0.29, 0.717) is 11.6 Å². The molecule has 0 amide bonds. The van der Waals surface area contributed by atoms with Crippen LogP contribution in [-0.4, -0.2) is 9.97 Å². The molecule has 136 valence electrons. The van der Waals surface area contributed by atoms with Gasteiger partial charge in [-0.3, -0.25) is 0 Å². The molecule has 4 aromatic rings. The van der Waals surface area contributed by atoms with Crippen LogP contribution < -0.4 is 10.6 Å². The largest absolute Gasteiger partial charge is 0.362 e. The Hall–Kier alpha value is -2.70. The van der Waals surface area contributed by atoms with Crippen molar-refractivity contribution in [2.45, 2.75) is 13.0 Å². The van der Waals surface area contributed by atoms with Crippen LogP contribution in [0.4, 0.5) is 21.8 Å². The van der Waals surface area contributed by atoms with Crippen LogP contribution >= 0.6 is 22.9 Å². The van der Waals surface area contributed by atoms with Crippen LogP contribution in [0.3, 0.4) is 0 Å². The Morgan fingerprint density at radius 3 is 2.70 bits per heavy atom. The molecule has 2 aromatic heterocycles. The SMILES string of the molecule is C[C@@H](Nc1nc(Nc2ccc(F)c(Cl)c2)nc2ccccc12)c1cccs1. The molecular weight excluding hydrogens is 383 g/mol. The molecule has 0 spiro atoms. The maximum absolute atomic E-state index is 13.4. The molecule has 2 aromatic carbocycles. The van der Waals surface area contributed by atoms with Gasteiger partial charge in [-0.15, -0.1) is 11.3 Å². The molecule has 0 radical (unpaired) electrons. The van der Waals surface area contributed by atoms with Crippen LogP contribution in [0.15, 0.2) is 60.0 Å². The minimum Gasteiger partial charge on any atom is -0.362 e. The van der Waals surface area contributed by atoms with E-state index in [1.807, 2.05) is 30.3 Å². The second kappa shape index (κ2) is 7.50. The lowest BCUT2D eigenvalue weighted by molar-refractivity contribution is 0.628. The number of aromatic nitrogens is 2. The first-order valence-electron chi connectivity index (χ1n) is 8.39. The fourth-order valence-electron chi connectivity index (χ4n) is 2.76. The van der Waals surface area contributed by atoms with Gasteiger partial charge in [-0.1, -0.05) is 29.8 Å². The van der Waals surface area contributed by atoms with E-state index in [2.05, 4.69) is 39.0 Å². The van der Waals surface area contributed by atoms with Crippen LogP contribution in [0, 0.1) is 5.82 Å². The summed E-state index contributed by atoms with van der Waals surface area (Å²) in [4.78, 5) is 10.4. The highest BCUT2D eigenvalue weighted by Crippen LogP contribution is 2.29. The molecule has 0 bridgehead atoms. The van der Waals surface area contributed by atoms with Gasteiger partial charge >= 0.3 is 0 Å². The molecule has 0 aliphatic heterocycles. The molecule has 4 nitrogen and oxygen atoms in total. The van der Waals surface area contributed by atoms with Crippen molar-refractivity contribution in [3.05, 3.63) is 75.7 Å². The van der Waals surface area contributed by atoms with Gasteiger partial charge in [0.05, 0.1) is 16.6 Å². The minimum absolute atomic E-state index is 0.0467. The fourth-order valence-corrected chi connectivity index (χ4v) is 3.67. The Balaban J connectivity index is 1.70. The third kappa shape index (κ3) is 3.86. The maximum atomic E-state index is 13.4. The van der Waals surface area contributed by atoms with Crippen LogP contribution in [0.5, 0.6) is 0 Å². The molecule has 0 unspecified atom stereocenters. The Morgan fingerprint density at radius 2 is 1.93 bits per heavy atom. The van der Waals surface area contributed by atoms with Gasteiger partial charge in [-0.2, -0.15) is 4.98 Å².